The third kappa shape index (κ3) is 2.09. The molecule has 0 amide bonds. The summed E-state index contributed by atoms with van der Waals surface area (Å²) < 4.78 is 0. The van der Waals surface area contributed by atoms with Crippen molar-refractivity contribution in [3.8, 4) is 5.75 Å². The Labute approximate surface area is 91.3 Å². The van der Waals surface area contributed by atoms with Crippen molar-refractivity contribution in [3.63, 3.8) is 0 Å². The molecule has 2 nitrogen and oxygen atoms in total. The molecule has 0 heterocycles. The highest BCUT2D eigenvalue weighted by Gasteiger charge is 2.42. The fraction of sp³-hybridized carbons (Fsp3) is 0.538. The van der Waals surface area contributed by atoms with Crippen molar-refractivity contribution in [3.05, 3.63) is 23.8 Å². The molecule has 0 aliphatic heterocycles. The number of rotatable bonds is 3. The second kappa shape index (κ2) is 3.44. The second-order valence-electron chi connectivity index (χ2n) is 5.02. The van der Waals surface area contributed by atoms with E-state index in [9.17, 15) is 5.11 Å². The lowest BCUT2D eigenvalue weighted by atomic mass is 10.0. The van der Waals surface area contributed by atoms with E-state index in [1.54, 1.807) is 6.07 Å². The maximum atomic E-state index is 9.59. The van der Waals surface area contributed by atoms with Gasteiger partial charge in [0, 0.05) is 17.8 Å². The Kier molecular flexibility index (Phi) is 2.37. The van der Waals surface area contributed by atoms with Crippen LogP contribution in [0.1, 0.15) is 32.3 Å². The molecule has 1 aromatic carbocycles. The summed E-state index contributed by atoms with van der Waals surface area (Å²) in [6.07, 6.45) is 2.61. The van der Waals surface area contributed by atoms with Crippen LogP contribution in [-0.2, 0) is 0 Å². The van der Waals surface area contributed by atoms with Crippen LogP contribution in [0.4, 0.5) is 5.69 Å². The molecule has 1 aliphatic rings. The quantitative estimate of drug-likeness (QED) is 0.793. The fourth-order valence-electron chi connectivity index (χ4n) is 1.75. The van der Waals surface area contributed by atoms with E-state index in [0.717, 1.165) is 11.3 Å². The maximum Gasteiger partial charge on any atom is 0.120 e. The Balaban J connectivity index is 2.07. The summed E-state index contributed by atoms with van der Waals surface area (Å²) in [4.78, 5) is 0. The minimum absolute atomic E-state index is 0.369. The van der Waals surface area contributed by atoms with Crippen molar-refractivity contribution in [2.45, 2.75) is 39.7 Å². The number of aromatic hydroxyl groups is 1. The van der Waals surface area contributed by atoms with Gasteiger partial charge in [-0.3, -0.25) is 0 Å². The van der Waals surface area contributed by atoms with Crippen LogP contribution in [0.3, 0.4) is 0 Å². The van der Waals surface area contributed by atoms with Gasteiger partial charge in [-0.25, -0.2) is 0 Å². The number of aryl methyl sites for hydroxylation is 1. The van der Waals surface area contributed by atoms with Crippen LogP contribution >= 0.6 is 0 Å². The first-order valence-electron chi connectivity index (χ1n) is 5.57. The molecule has 0 radical (unpaired) electrons. The lowest BCUT2D eigenvalue weighted by Crippen LogP contribution is -2.24. The average molecular weight is 205 g/mol. The Morgan fingerprint density at radius 3 is 2.60 bits per heavy atom. The van der Waals surface area contributed by atoms with Crippen LogP contribution in [-0.4, -0.2) is 11.1 Å². The summed E-state index contributed by atoms with van der Waals surface area (Å²) >= 11 is 0. The number of nitrogens with one attached hydrogen (secondary N) is 1. The van der Waals surface area contributed by atoms with Gasteiger partial charge in [-0.15, -0.1) is 0 Å². The Morgan fingerprint density at radius 1 is 1.40 bits per heavy atom. The van der Waals surface area contributed by atoms with Crippen molar-refractivity contribution < 1.29 is 5.11 Å². The number of anilines is 1. The van der Waals surface area contributed by atoms with Gasteiger partial charge in [0.25, 0.3) is 0 Å². The van der Waals surface area contributed by atoms with Gasteiger partial charge in [0.15, 0.2) is 0 Å². The molecule has 0 spiro atoms. The zero-order valence-corrected chi connectivity index (χ0v) is 9.67. The minimum Gasteiger partial charge on any atom is -0.508 e. The molecule has 1 unspecified atom stereocenters. The first kappa shape index (κ1) is 10.3. The van der Waals surface area contributed by atoms with E-state index >= 15 is 0 Å². The Bertz CT molecular complexity index is 369. The highest BCUT2D eigenvalue weighted by atomic mass is 16.3. The molecule has 82 valence electrons. The van der Waals surface area contributed by atoms with Gasteiger partial charge in [-0.1, -0.05) is 13.0 Å². The molecular weight excluding hydrogens is 186 g/mol. The molecule has 1 atom stereocenters. The topological polar surface area (TPSA) is 32.3 Å². The molecule has 2 N–H and O–H groups in total. The highest BCUT2D eigenvalue weighted by Crippen LogP contribution is 2.48. The van der Waals surface area contributed by atoms with Crippen molar-refractivity contribution in [2.24, 2.45) is 5.41 Å². The standard InChI is InChI=1S/C13H19NO/c1-9-4-5-11(8-12(9)15)14-10(2)13(3)6-7-13/h4-5,8,10,14-15H,6-7H2,1-3H3. The third-order valence-electron chi connectivity index (χ3n) is 3.68. The van der Waals surface area contributed by atoms with E-state index in [4.69, 9.17) is 0 Å². The zero-order valence-electron chi connectivity index (χ0n) is 9.67. The summed E-state index contributed by atoms with van der Waals surface area (Å²) in [5.41, 5.74) is 2.39. The molecule has 15 heavy (non-hydrogen) atoms. The molecule has 0 aromatic heterocycles. The van der Waals surface area contributed by atoms with Crippen molar-refractivity contribution in [1.29, 1.82) is 0 Å². The summed E-state index contributed by atoms with van der Waals surface area (Å²) in [6, 6.07) is 6.24. The van der Waals surface area contributed by atoms with Crippen molar-refractivity contribution >= 4 is 5.69 Å². The lowest BCUT2D eigenvalue weighted by Gasteiger charge is -2.21. The van der Waals surface area contributed by atoms with E-state index in [0.29, 0.717) is 17.2 Å². The first-order valence-corrected chi connectivity index (χ1v) is 5.57. The normalized spacial score (nSPS) is 19.7. The van der Waals surface area contributed by atoms with E-state index in [1.807, 2.05) is 19.1 Å². The Hall–Kier alpha value is -1.18. The predicted molar refractivity (Wildman–Crippen MR) is 63.3 cm³/mol. The smallest absolute Gasteiger partial charge is 0.120 e. The largest absolute Gasteiger partial charge is 0.508 e. The van der Waals surface area contributed by atoms with Crippen LogP contribution < -0.4 is 5.32 Å². The number of phenols is 1. The van der Waals surface area contributed by atoms with Crippen molar-refractivity contribution in [2.75, 3.05) is 5.32 Å². The number of hydrogen-bond acceptors (Lipinski definition) is 2. The first-order chi connectivity index (χ1) is 7.01. The van der Waals surface area contributed by atoms with E-state index in [2.05, 4.69) is 19.2 Å². The van der Waals surface area contributed by atoms with Gasteiger partial charge in [-0.2, -0.15) is 0 Å². The van der Waals surface area contributed by atoms with Gasteiger partial charge in [0.2, 0.25) is 0 Å². The van der Waals surface area contributed by atoms with Crippen molar-refractivity contribution in [1.82, 2.24) is 0 Å². The third-order valence-corrected chi connectivity index (χ3v) is 3.68. The molecule has 0 saturated heterocycles. The van der Waals surface area contributed by atoms with E-state index in [-0.39, 0.29) is 0 Å². The summed E-state index contributed by atoms with van der Waals surface area (Å²) in [6.45, 7) is 6.42. The van der Waals surface area contributed by atoms with E-state index < -0.39 is 0 Å². The number of phenolic OH excluding ortho intramolecular Hbond substituents is 1. The molecular formula is C13H19NO. The molecule has 1 saturated carbocycles. The van der Waals surface area contributed by atoms with Crippen LogP contribution in [0, 0.1) is 12.3 Å². The van der Waals surface area contributed by atoms with E-state index in [1.165, 1.54) is 12.8 Å². The van der Waals surface area contributed by atoms with Gasteiger partial charge in [-0.05, 0) is 43.7 Å². The summed E-state index contributed by atoms with van der Waals surface area (Å²) in [7, 11) is 0. The lowest BCUT2D eigenvalue weighted by molar-refractivity contribution is 0.470. The van der Waals surface area contributed by atoms with Gasteiger partial charge in [0.05, 0.1) is 0 Å². The second-order valence-corrected chi connectivity index (χ2v) is 5.02. The zero-order chi connectivity index (χ0) is 11.1. The molecule has 1 fully saturated rings. The molecule has 0 bridgehead atoms. The molecule has 2 heteroatoms. The van der Waals surface area contributed by atoms with Crippen LogP contribution in [0.2, 0.25) is 0 Å². The number of hydrogen-bond donors (Lipinski definition) is 2. The monoisotopic (exact) mass is 205 g/mol. The average Bonchev–Trinajstić information content (AvgIpc) is 2.92. The SMILES string of the molecule is Cc1ccc(NC(C)C2(C)CC2)cc1O. The molecule has 1 aliphatic carbocycles. The fourth-order valence-corrected chi connectivity index (χ4v) is 1.75. The highest BCUT2D eigenvalue weighted by molar-refractivity contribution is 5.51. The maximum absolute atomic E-state index is 9.59. The molecule has 2 rings (SSSR count). The van der Waals surface area contributed by atoms with Gasteiger partial charge in [0.1, 0.15) is 5.75 Å². The summed E-state index contributed by atoms with van der Waals surface area (Å²) in [5, 5.41) is 13.0. The van der Waals surface area contributed by atoms with Crippen LogP contribution in [0.15, 0.2) is 18.2 Å². The number of benzene rings is 1. The Morgan fingerprint density at radius 2 is 2.07 bits per heavy atom. The van der Waals surface area contributed by atoms with Gasteiger partial charge >= 0.3 is 0 Å². The van der Waals surface area contributed by atoms with Crippen LogP contribution in [0.5, 0.6) is 5.75 Å². The predicted octanol–water partition coefficient (Wildman–Crippen LogP) is 3.30. The summed E-state index contributed by atoms with van der Waals surface area (Å²) in [5.74, 6) is 0.369. The van der Waals surface area contributed by atoms with Crippen LogP contribution in [0.25, 0.3) is 0 Å². The van der Waals surface area contributed by atoms with Gasteiger partial charge < -0.3 is 10.4 Å². The minimum atomic E-state index is 0.369. The molecule has 1 aromatic rings.